The van der Waals surface area contributed by atoms with Crippen molar-refractivity contribution >= 4 is 41.3 Å². The maximum absolute atomic E-state index is 12.7. The van der Waals surface area contributed by atoms with Crippen LogP contribution in [0.25, 0.3) is 0 Å². The number of thiazole rings is 1. The van der Waals surface area contributed by atoms with E-state index in [2.05, 4.69) is 36.7 Å². The Morgan fingerprint density at radius 2 is 2.21 bits per heavy atom. The maximum Gasteiger partial charge on any atom is 0.434 e. The number of hydrogen-bond acceptors (Lipinski definition) is 4. The van der Waals surface area contributed by atoms with Gasteiger partial charge in [0.15, 0.2) is 11.7 Å². The molecule has 0 spiro atoms. The van der Waals surface area contributed by atoms with E-state index < -0.39 is 11.9 Å². The first-order chi connectivity index (χ1) is 12.9. The van der Waals surface area contributed by atoms with Crippen molar-refractivity contribution in [2.45, 2.75) is 39.0 Å². The normalized spacial score (nSPS) is 20.8. The standard InChI is InChI=1S/C17H23F3N6S.HI/c1-3-22-16(23-8-15-24-14(10-27-15)17(18,19)20)25-6-4-12(2)13(9-25)26-7-5-21-11-26;/h5,7,10-13H,3-4,6,8-9H2,1-2H3,(H,22,23);1H. The summed E-state index contributed by atoms with van der Waals surface area (Å²) in [5, 5.41) is 4.64. The summed E-state index contributed by atoms with van der Waals surface area (Å²) in [7, 11) is 0. The van der Waals surface area contributed by atoms with Crippen molar-refractivity contribution in [1.29, 1.82) is 0 Å². The van der Waals surface area contributed by atoms with Gasteiger partial charge in [0.1, 0.15) is 5.01 Å². The van der Waals surface area contributed by atoms with Crippen LogP contribution >= 0.6 is 35.3 Å². The van der Waals surface area contributed by atoms with Crippen molar-refractivity contribution in [2.75, 3.05) is 19.6 Å². The molecule has 3 rings (SSSR count). The molecule has 1 fully saturated rings. The van der Waals surface area contributed by atoms with Crippen molar-refractivity contribution in [2.24, 2.45) is 10.9 Å². The predicted octanol–water partition coefficient (Wildman–Crippen LogP) is 4.03. The van der Waals surface area contributed by atoms with Crippen LogP contribution in [-0.2, 0) is 12.7 Å². The van der Waals surface area contributed by atoms with Gasteiger partial charge in [0, 0.05) is 37.4 Å². The summed E-state index contributed by atoms with van der Waals surface area (Å²) in [5.41, 5.74) is -0.852. The van der Waals surface area contributed by atoms with Crippen molar-refractivity contribution in [1.82, 2.24) is 24.8 Å². The van der Waals surface area contributed by atoms with Gasteiger partial charge in [-0.25, -0.2) is 15.0 Å². The molecule has 156 valence electrons. The highest BCUT2D eigenvalue weighted by atomic mass is 127. The summed E-state index contributed by atoms with van der Waals surface area (Å²) in [6.07, 6.45) is 2.14. The van der Waals surface area contributed by atoms with E-state index in [1.165, 1.54) is 0 Å². The van der Waals surface area contributed by atoms with E-state index in [-0.39, 0.29) is 36.6 Å². The van der Waals surface area contributed by atoms with Crippen molar-refractivity contribution in [3.05, 3.63) is 34.8 Å². The number of alkyl halides is 3. The molecule has 1 N–H and O–H groups in total. The first-order valence-electron chi connectivity index (χ1n) is 8.90. The Kier molecular flexibility index (Phi) is 8.10. The first kappa shape index (κ1) is 22.9. The minimum atomic E-state index is -4.41. The summed E-state index contributed by atoms with van der Waals surface area (Å²) >= 11 is 0.985. The van der Waals surface area contributed by atoms with Crippen LogP contribution < -0.4 is 5.32 Å². The molecule has 0 saturated carbocycles. The SMILES string of the molecule is CCNC(=NCc1nc(C(F)(F)F)cs1)N1CCC(C)C(n2ccnc2)C1.I. The second-order valence-corrected chi connectivity index (χ2v) is 7.53. The zero-order valence-electron chi connectivity index (χ0n) is 15.7. The number of nitrogens with zero attached hydrogens (tertiary/aromatic N) is 5. The molecular weight excluding hydrogens is 504 g/mol. The molecule has 0 aromatic carbocycles. The molecule has 2 unspecified atom stereocenters. The Morgan fingerprint density at radius 1 is 1.43 bits per heavy atom. The number of likely N-dealkylation sites (tertiary alicyclic amines) is 1. The number of rotatable bonds is 4. The molecule has 0 aliphatic carbocycles. The fourth-order valence-corrected chi connectivity index (χ4v) is 3.90. The lowest BCUT2D eigenvalue weighted by molar-refractivity contribution is -0.140. The molecule has 28 heavy (non-hydrogen) atoms. The second-order valence-electron chi connectivity index (χ2n) is 6.58. The Hall–Kier alpha value is -1.37. The van der Waals surface area contributed by atoms with E-state index >= 15 is 0 Å². The highest BCUT2D eigenvalue weighted by Crippen LogP contribution is 2.30. The molecule has 2 aromatic rings. The number of piperidine rings is 1. The van der Waals surface area contributed by atoms with Crippen LogP contribution in [0, 0.1) is 5.92 Å². The van der Waals surface area contributed by atoms with E-state index in [0.29, 0.717) is 23.4 Å². The summed E-state index contributed by atoms with van der Waals surface area (Å²) in [6, 6.07) is 0.279. The molecule has 1 saturated heterocycles. The molecule has 3 heterocycles. The van der Waals surface area contributed by atoms with Gasteiger partial charge in [0.2, 0.25) is 0 Å². The highest BCUT2D eigenvalue weighted by Gasteiger charge is 2.33. The monoisotopic (exact) mass is 528 g/mol. The number of halogens is 4. The predicted molar refractivity (Wildman–Crippen MR) is 114 cm³/mol. The van der Waals surface area contributed by atoms with Gasteiger partial charge in [-0.3, -0.25) is 0 Å². The molecule has 2 atom stereocenters. The van der Waals surface area contributed by atoms with Crippen LogP contribution in [0.15, 0.2) is 29.1 Å². The average molecular weight is 528 g/mol. The van der Waals surface area contributed by atoms with Gasteiger partial charge >= 0.3 is 6.18 Å². The van der Waals surface area contributed by atoms with Crippen molar-refractivity contribution in [3.8, 4) is 0 Å². The van der Waals surface area contributed by atoms with Crippen LogP contribution in [-0.4, -0.2) is 45.0 Å². The molecule has 0 radical (unpaired) electrons. The van der Waals surface area contributed by atoms with Crippen LogP contribution in [0.3, 0.4) is 0 Å². The minimum absolute atomic E-state index is 0. The van der Waals surface area contributed by atoms with E-state index in [1.807, 2.05) is 19.4 Å². The molecule has 1 aliphatic heterocycles. The fourth-order valence-electron chi connectivity index (χ4n) is 3.18. The Morgan fingerprint density at radius 3 is 2.82 bits per heavy atom. The van der Waals surface area contributed by atoms with Gasteiger partial charge in [-0.1, -0.05) is 6.92 Å². The van der Waals surface area contributed by atoms with Crippen LogP contribution in [0.1, 0.15) is 37.0 Å². The lowest BCUT2D eigenvalue weighted by atomic mass is 9.93. The third-order valence-corrected chi connectivity index (χ3v) is 5.50. The van der Waals surface area contributed by atoms with E-state index in [9.17, 15) is 13.2 Å². The molecule has 2 aromatic heterocycles. The van der Waals surface area contributed by atoms with Crippen LogP contribution in [0.4, 0.5) is 13.2 Å². The zero-order valence-corrected chi connectivity index (χ0v) is 18.8. The molecule has 11 heteroatoms. The van der Waals surface area contributed by atoms with Crippen molar-refractivity contribution < 1.29 is 13.2 Å². The number of aromatic nitrogens is 3. The molecule has 1 aliphatic rings. The van der Waals surface area contributed by atoms with Gasteiger partial charge in [0.05, 0.1) is 18.9 Å². The number of imidazole rings is 1. The van der Waals surface area contributed by atoms with Gasteiger partial charge in [-0.05, 0) is 19.3 Å². The Bertz CT molecular complexity index is 761. The number of nitrogens with one attached hydrogen (secondary N) is 1. The largest absolute Gasteiger partial charge is 0.434 e. The number of hydrogen-bond donors (Lipinski definition) is 1. The molecule has 0 bridgehead atoms. The summed E-state index contributed by atoms with van der Waals surface area (Å²) in [4.78, 5) is 14.5. The second kappa shape index (κ2) is 9.90. The number of guanidine groups is 1. The summed E-state index contributed by atoms with van der Waals surface area (Å²) < 4.78 is 40.2. The molecule has 0 amide bonds. The van der Waals surface area contributed by atoms with Gasteiger partial charge in [0.25, 0.3) is 0 Å². The topological polar surface area (TPSA) is 58.3 Å². The third-order valence-electron chi connectivity index (χ3n) is 4.67. The highest BCUT2D eigenvalue weighted by molar-refractivity contribution is 14.0. The maximum atomic E-state index is 12.7. The Labute approximate surface area is 183 Å². The lowest BCUT2D eigenvalue weighted by Crippen LogP contribution is -2.49. The smallest absolute Gasteiger partial charge is 0.357 e. The average Bonchev–Trinajstić information content (AvgIpc) is 3.30. The first-order valence-corrected chi connectivity index (χ1v) is 9.78. The number of aliphatic imine (C=N–C) groups is 1. The van der Waals surface area contributed by atoms with Crippen LogP contribution in [0.5, 0.6) is 0 Å². The van der Waals surface area contributed by atoms with E-state index in [1.54, 1.807) is 6.20 Å². The lowest BCUT2D eigenvalue weighted by Gasteiger charge is -2.39. The summed E-state index contributed by atoms with van der Waals surface area (Å²) in [6.45, 7) is 6.64. The molecule has 6 nitrogen and oxygen atoms in total. The summed E-state index contributed by atoms with van der Waals surface area (Å²) in [5.74, 6) is 1.21. The third kappa shape index (κ3) is 5.58. The molecular formula is C17H24F3IN6S. The minimum Gasteiger partial charge on any atom is -0.357 e. The quantitative estimate of drug-likeness (QED) is 0.370. The van der Waals surface area contributed by atoms with Crippen LogP contribution in [0.2, 0.25) is 0 Å². The van der Waals surface area contributed by atoms with Gasteiger partial charge < -0.3 is 14.8 Å². The van der Waals surface area contributed by atoms with Gasteiger partial charge in [-0.2, -0.15) is 13.2 Å². The van der Waals surface area contributed by atoms with E-state index in [0.717, 1.165) is 36.2 Å². The zero-order chi connectivity index (χ0) is 19.4. The Balaban J connectivity index is 0.00000280. The van der Waals surface area contributed by atoms with Crippen molar-refractivity contribution in [3.63, 3.8) is 0 Å². The van der Waals surface area contributed by atoms with Gasteiger partial charge in [-0.15, -0.1) is 35.3 Å². The van der Waals surface area contributed by atoms with E-state index in [4.69, 9.17) is 0 Å². The fraction of sp³-hybridized carbons (Fsp3) is 0.588.